The van der Waals surface area contributed by atoms with Gasteiger partial charge in [-0.3, -0.25) is 4.79 Å². The molecule has 0 radical (unpaired) electrons. The Morgan fingerprint density at radius 2 is 2.00 bits per heavy atom. The van der Waals surface area contributed by atoms with Crippen LogP contribution in [0.3, 0.4) is 0 Å². The Kier molecular flexibility index (Phi) is 4.80. The molecule has 4 nitrogen and oxygen atoms in total. The van der Waals surface area contributed by atoms with Crippen molar-refractivity contribution in [3.05, 3.63) is 24.3 Å². The van der Waals surface area contributed by atoms with Crippen LogP contribution in [0, 0.1) is 5.92 Å². The highest BCUT2D eigenvalue weighted by Gasteiger charge is 2.19. The number of nitrogens with one attached hydrogen (secondary N) is 1. The number of nitrogen functional groups attached to an aromatic ring is 1. The highest BCUT2D eigenvalue weighted by molar-refractivity contribution is 5.94. The van der Waals surface area contributed by atoms with Gasteiger partial charge in [-0.05, 0) is 49.9 Å². The van der Waals surface area contributed by atoms with Crippen molar-refractivity contribution < 1.29 is 9.53 Å². The molecule has 0 bridgehead atoms. The van der Waals surface area contributed by atoms with Gasteiger partial charge in [-0.25, -0.2) is 0 Å². The number of carbonyl (C=O) groups is 1. The molecule has 1 aliphatic carbocycles. The summed E-state index contributed by atoms with van der Waals surface area (Å²) >= 11 is 0. The Hall–Kier alpha value is -1.55. The SMILES string of the molecule is CC(OCC1CCCC1)C(=O)Nc1ccc(N)cc1. The van der Waals surface area contributed by atoms with Gasteiger partial charge < -0.3 is 15.8 Å². The van der Waals surface area contributed by atoms with Gasteiger partial charge in [-0.2, -0.15) is 0 Å². The molecule has 0 aromatic heterocycles. The van der Waals surface area contributed by atoms with Crippen LogP contribution in [0.5, 0.6) is 0 Å². The number of hydrogen-bond donors (Lipinski definition) is 2. The molecule has 1 fully saturated rings. The Balaban J connectivity index is 1.76. The second-order valence-electron chi connectivity index (χ2n) is 5.24. The molecule has 4 heteroatoms. The lowest BCUT2D eigenvalue weighted by Crippen LogP contribution is -2.29. The molecule has 1 aromatic carbocycles. The first-order valence-corrected chi connectivity index (χ1v) is 6.93. The predicted molar refractivity (Wildman–Crippen MR) is 76.9 cm³/mol. The third-order valence-corrected chi connectivity index (χ3v) is 3.60. The minimum atomic E-state index is -0.418. The summed E-state index contributed by atoms with van der Waals surface area (Å²) in [5, 5.41) is 2.82. The zero-order valence-electron chi connectivity index (χ0n) is 11.4. The minimum absolute atomic E-state index is 0.109. The summed E-state index contributed by atoms with van der Waals surface area (Å²) in [5.74, 6) is 0.523. The number of anilines is 2. The maximum atomic E-state index is 11.9. The fourth-order valence-electron chi connectivity index (χ4n) is 2.34. The Labute approximate surface area is 114 Å². The lowest BCUT2D eigenvalue weighted by molar-refractivity contribution is -0.127. The molecule has 104 valence electrons. The average molecular weight is 262 g/mol. The fourth-order valence-corrected chi connectivity index (χ4v) is 2.34. The van der Waals surface area contributed by atoms with E-state index in [4.69, 9.17) is 10.5 Å². The van der Waals surface area contributed by atoms with Crippen LogP contribution in [0.15, 0.2) is 24.3 Å². The topological polar surface area (TPSA) is 64.3 Å². The lowest BCUT2D eigenvalue weighted by atomic mass is 10.1. The number of ether oxygens (including phenoxy) is 1. The Morgan fingerprint density at radius 1 is 1.37 bits per heavy atom. The minimum Gasteiger partial charge on any atom is -0.399 e. The van der Waals surface area contributed by atoms with E-state index in [1.54, 1.807) is 31.2 Å². The van der Waals surface area contributed by atoms with E-state index in [0.29, 0.717) is 18.2 Å². The number of hydrogen-bond acceptors (Lipinski definition) is 3. The third kappa shape index (κ3) is 4.24. The second-order valence-corrected chi connectivity index (χ2v) is 5.24. The van der Waals surface area contributed by atoms with Crippen LogP contribution in [0.25, 0.3) is 0 Å². The van der Waals surface area contributed by atoms with E-state index in [2.05, 4.69) is 5.32 Å². The molecule has 2 rings (SSSR count). The molecule has 3 N–H and O–H groups in total. The van der Waals surface area contributed by atoms with Gasteiger partial charge in [0.1, 0.15) is 6.10 Å². The molecular formula is C15H22N2O2. The van der Waals surface area contributed by atoms with Gasteiger partial charge >= 0.3 is 0 Å². The van der Waals surface area contributed by atoms with Crippen molar-refractivity contribution in [2.45, 2.75) is 38.7 Å². The number of carbonyl (C=O) groups excluding carboxylic acids is 1. The quantitative estimate of drug-likeness (QED) is 0.802. The van der Waals surface area contributed by atoms with E-state index in [9.17, 15) is 4.79 Å². The van der Waals surface area contributed by atoms with Crippen LogP contribution in [-0.2, 0) is 9.53 Å². The lowest BCUT2D eigenvalue weighted by Gasteiger charge is -2.16. The average Bonchev–Trinajstić information content (AvgIpc) is 2.91. The van der Waals surface area contributed by atoms with Gasteiger partial charge in [0.2, 0.25) is 0 Å². The zero-order chi connectivity index (χ0) is 13.7. The number of benzene rings is 1. The van der Waals surface area contributed by atoms with Crippen molar-refractivity contribution in [2.24, 2.45) is 5.92 Å². The number of rotatable bonds is 5. The summed E-state index contributed by atoms with van der Waals surface area (Å²) in [7, 11) is 0. The van der Waals surface area contributed by atoms with Gasteiger partial charge in [0, 0.05) is 11.4 Å². The molecule has 0 aliphatic heterocycles. The van der Waals surface area contributed by atoms with Crippen molar-refractivity contribution >= 4 is 17.3 Å². The zero-order valence-corrected chi connectivity index (χ0v) is 11.4. The van der Waals surface area contributed by atoms with E-state index in [1.807, 2.05) is 0 Å². The standard InChI is InChI=1S/C15H22N2O2/c1-11(19-10-12-4-2-3-5-12)15(18)17-14-8-6-13(16)7-9-14/h6-9,11-12H,2-5,10,16H2,1H3,(H,17,18). The maximum absolute atomic E-state index is 11.9. The van der Waals surface area contributed by atoms with Gasteiger partial charge in [-0.15, -0.1) is 0 Å². The molecule has 1 aromatic rings. The molecule has 1 aliphatic rings. The van der Waals surface area contributed by atoms with Gasteiger partial charge in [0.05, 0.1) is 6.61 Å². The van der Waals surface area contributed by atoms with E-state index in [0.717, 1.165) is 5.69 Å². The molecule has 19 heavy (non-hydrogen) atoms. The van der Waals surface area contributed by atoms with Crippen LogP contribution in [0.4, 0.5) is 11.4 Å². The maximum Gasteiger partial charge on any atom is 0.253 e. The third-order valence-electron chi connectivity index (χ3n) is 3.60. The van der Waals surface area contributed by atoms with Crippen LogP contribution in [0.1, 0.15) is 32.6 Å². The van der Waals surface area contributed by atoms with E-state index in [-0.39, 0.29) is 5.91 Å². The Morgan fingerprint density at radius 3 is 2.63 bits per heavy atom. The van der Waals surface area contributed by atoms with E-state index < -0.39 is 6.10 Å². The molecule has 1 atom stereocenters. The van der Waals surface area contributed by atoms with Gasteiger partial charge in [0.25, 0.3) is 5.91 Å². The highest BCUT2D eigenvalue weighted by atomic mass is 16.5. The number of nitrogens with two attached hydrogens (primary N) is 1. The number of amides is 1. The summed E-state index contributed by atoms with van der Waals surface area (Å²) < 4.78 is 5.65. The van der Waals surface area contributed by atoms with Crippen molar-refractivity contribution in [2.75, 3.05) is 17.7 Å². The predicted octanol–water partition coefficient (Wildman–Crippen LogP) is 2.80. The first-order valence-electron chi connectivity index (χ1n) is 6.93. The van der Waals surface area contributed by atoms with Crippen LogP contribution in [-0.4, -0.2) is 18.6 Å². The van der Waals surface area contributed by atoms with Gasteiger partial charge in [-0.1, -0.05) is 12.8 Å². The fraction of sp³-hybridized carbons (Fsp3) is 0.533. The van der Waals surface area contributed by atoms with Crippen LogP contribution >= 0.6 is 0 Å². The molecule has 0 spiro atoms. The molecular weight excluding hydrogens is 240 g/mol. The molecule has 0 heterocycles. The summed E-state index contributed by atoms with van der Waals surface area (Å²) in [6.45, 7) is 2.48. The van der Waals surface area contributed by atoms with Gasteiger partial charge in [0.15, 0.2) is 0 Å². The van der Waals surface area contributed by atoms with E-state index in [1.165, 1.54) is 25.7 Å². The summed E-state index contributed by atoms with van der Waals surface area (Å²) in [6, 6.07) is 7.10. The smallest absolute Gasteiger partial charge is 0.253 e. The van der Waals surface area contributed by atoms with Crippen molar-refractivity contribution in [3.63, 3.8) is 0 Å². The molecule has 1 amide bonds. The first-order chi connectivity index (χ1) is 9.15. The molecule has 0 saturated heterocycles. The summed E-state index contributed by atoms with van der Waals surface area (Å²) in [6.07, 6.45) is 4.62. The summed E-state index contributed by atoms with van der Waals surface area (Å²) in [5.41, 5.74) is 7.03. The molecule has 1 saturated carbocycles. The van der Waals surface area contributed by atoms with Crippen molar-refractivity contribution in [1.82, 2.24) is 0 Å². The second kappa shape index (κ2) is 6.57. The van der Waals surface area contributed by atoms with Crippen LogP contribution in [0.2, 0.25) is 0 Å². The largest absolute Gasteiger partial charge is 0.399 e. The Bertz CT molecular complexity index is 411. The van der Waals surface area contributed by atoms with Crippen molar-refractivity contribution in [3.8, 4) is 0 Å². The molecule has 1 unspecified atom stereocenters. The normalized spacial score (nSPS) is 17.3. The summed E-state index contributed by atoms with van der Waals surface area (Å²) in [4.78, 5) is 11.9. The van der Waals surface area contributed by atoms with Crippen molar-refractivity contribution in [1.29, 1.82) is 0 Å². The monoisotopic (exact) mass is 262 g/mol. The highest BCUT2D eigenvalue weighted by Crippen LogP contribution is 2.25. The van der Waals surface area contributed by atoms with Crippen LogP contribution < -0.4 is 11.1 Å². The van der Waals surface area contributed by atoms with E-state index >= 15 is 0 Å². The first kappa shape index (κ1) is 13.9.